The number of aromatic nitrogens is 2. The van der Waals surface area contributed by atoms with E-state index in [9.17, 15) is 22.8 Å². The van der Waals surface area contributed by atoms with E-state index in [1.54, 1.807) is 31.2 Å². The van der Waals surface area contributed by atoms with Crippen molar-refractivity contribution in [3.63, 3.8) is 0 Å². The number of anilines is 1. The van der Waals surface area contributed by atoms with Crippen molar-refractivity contribution < 1.29 is 27.3 Å². The molecular weight excluding hydrogens is 437 g/mol. The minimum Gasteiger partial charge on any atom is -0.337 e. The molecule has 1 unspecified atom stereocenters. The lowest BCUT2D eigenvalue weighted by Crippen LogP contribution is -2.33. The van der Waals surface area contributed by atoms with E-state index in [2.05, 4.69) is 10.1 Å². The van der Waals surface area contributed by atoms with Crippen LogP contribution in [-0.4, -0.2) is 33.0 Å². The van der Waals surface area contributed by atoms with Gasteiger partial charge in [-0.15, -0.1) is 0 Å². The maximum absolute atomic E-state index is 12.8. The van der Waals surface area contributed by atoms with Gasteiger partial charge in [-0.1, -0.05) is 28.9 Å². The van der Waals surface area contributed by atoms with Crippen molar-refractivity contribution in [2.24, 2.45) is 0 Å². The average molecular weight is 451 g/mol. The molecule has 0 aliphatic carbocycles. The van der Waals surface area contributed by atoms with Crippen LogP contribution in [0.3, 0.4) is 0 Å². The molecule has 7 nitrogen and oxygen atoms in total. The normalized spacial score (nSPS) is 17.0. The second-order valence-corrected chi connectivity index (χ2v) is 7.25. The maximum atomic E-state index is 12.8. The second-order valence-electron chi connectivity index (χ2n) is 6.82. The summed E-state index contributed by atoms with van der Waals surface area (Å²) >= 11 is 5.88. The summed E-state index contributed by atoms with van der Waals surface area (Å²) < 4.78 is 43.2. The molecule has 0 bridgehead atoms. The molecule has 31 heavy (non-hydrogen) atoms. The Balaban J connectivity index is 1.52. The molecule has 4 rings (SSSR count). The summed E-state index contributed by atoms with van der Waals surface area (Å²) in [6, 6.07) is 9.42. The van der Waals surface area contributed by atoms with E-state index in [-0.39, 0.29) is 18.3 Å². The van der Waals surface area contributed by atoms with E-state index in [1.165, 1.54) is 17.0 Å². The molecule has 1 aliphatic rings. The number of rotatable bonds is 4. The van der Waals surface area contributed by atoms with Crippen molar-refractivity contribution in [2.75, 3.05) is 4.90 Å². The molecule has 0 N–H and O–H groups in total. The van der Waals surface area contributed by atoms with Crippen LogP contribution in [0, 0.1) is 0 Å². The van der Waals surface area contributed by atoms with Gasteiger partial charge in [0.05, 0.1) is 5.56 Å². The number of alkyl halides is 3. The number of carbonyl (C=O) groups is 2. The average Bonchev–Trinajstić information content (AvgIpc) is 3.28. The minimum atomic E-state index is -4.45. The third-order valence-corrected chi connectivity index (χ3v) is 5.04. The molecule has 3 aromatic rings. The van der Waals surface area contributed by atoms with Crippen molar-refractivity contribution in [1.29, 1.82) is 0 Å². The molecule has 1 fully saturated rings. The van der Waals surface area contributed by atoms with Crippen LogP contribution in [0.25, 0.3) is 11.4 Å². The van der Waals surface area contributed by atoms with Gasteiger partial charge in [-0.05, 0) is 43.3 Å². The highest BCUT2D eigenvalue weighted by Crippen LogP contribution is 2.31. The topological polar surface area (TPSA) is 79.5 Å². The van der Waals surface area contributed by atoms with Gasteiger partial charge in [0.15, 0.2) is 0 Å². The summed E-state index contributed by atoms with van der Waals surface area (Å²) in [6.45, 7) is 1.33. The molecule has 3 amide bonds. The lowest BCUT2D eigenvalue weighted by Gasteiger charge is -2.19. The van der Waals surface area contributed by atoms with Crippen LogP contribution in [0.2, 0.25) is 5.02 Å². The van der Waals surface area contributed by atoms with Gasteiger partial charge in [0.25, 0.3) is 5.91 Å². The van der Waals surface area contributed by atoms with Gasteiger partial charge in [0, 0.05) is 16.3 Å². The zero-order valence-corrected chi connectivity index (χ0v) is 16.7. The summed E-state index contributed by atoms with van der Waals surface area (Å²) in [5, 5.41) is 4.22. The zero-order valence-electron chi connectivity index (χ0n) is 15.9. The van der Waals surface area contributed by atoms with Crippen LogP contribution in [0.5, 0.6) is 0 Å². The van der Waals surface area contributed by atoms with Gasteiger partial charge in [-0.25, -0.2) is 4.79 Å². The van der Waals surface area contributed by atoms with Gasteiger partial charge in [-0.3, -0.25) is 14.6 Å². The number of amides is 3. The van der Waals surface area contributed by atoms with E-state index in [0.29, 0.717) is 16.3 Å². The van der Waals surface area contributed by atoms with Crippen LogP contribution < -0.4 is 4.90 Å². The third-order valence-electron chi connectivity index (χ3n) is 4.78. The standard InChI is InChI=1S/C20H14ClF3N4O3/c1-11-18(29)27(19(30)28(11)15-8-6-14(21)7-9-15)10-16-25-17(26-31-16)12-2-4-13(5-3-12)20(22,23)24/h2-9,11H,10H2,1H3. The van der Waals surface area contributed by atoms with Crippen LogP contribution in [-0.2, 0) is 17.5 Å². The summed E-state index contributed by atoms with van der Waals surface area (Å²) in [5.74, 6) is -0.429. The van der Waals surface area contributed by atoms with Crippen molar-refractivity contribution in [2.45, 2.75) is 25.7 Å². The maximum Gasteiger partial charge on any atom is 0.416 e. The summed E-state index contributed by atoms with van der Waals surface area (Å²) in [7, 11) is 0. The predicted molar refractivity (Wildman–Crippen MR) is 104 cm³/mol. The molecule has 1 aromatic heterocycles. The monoisotopic (exact) mass is 450 g/mol. The first kappa shape index (κ1) is 20.9. The Morgan fingerprint density at radius 1 is 1.06 bits per heavy atom. The van der Waals surface area contributed by atoms with Crippen LogP contribution in [0.1, 0.15) is 18.4 Å². The van der Waals surface area contributed by atoms with Crippen LogP contribution in [0.15, 0.2) is 53.1 Å². The minimum absolute atomic E-state index is 0.0262. The largest absolute Gasteiger partial charge is 0.416 e. The molecule has 2 aromatic carbocycles. The molecular formula is C20H14ClF3N4O3. The molecule has 1 aliphatic heterocycles. The fourth-order valence-corrected chi connectivity index (χ4v) is 3.31. The van der Waals surface area contributed by atoms with E-state index in [4.69, 9.17) is 16.1 Å². The number of imide groups is 1. The fourth-order valence-electron chi connectivity index (χ4n) is 3.19. The number of hydrogen-bond acceptors (Lipinski definition) is 5. The Labute approximate surface area is 179 Å². The highest BCUT2D eigenvalue weighted by molar-refractivity contribution is 6.30. The van der Waals surface area contributed by atoms with Crippen molar-refractivity contribution in [3.05, 3.63) is 65.0 Å². The van der Waals surface area contributed by atoms with Gasteiger partial charge in [0.2, 0.25) is 11.7 Å². The second kappa shape index (κ2) is 7.69. The molecule has 0 radical (unpaired) electrons. The first-order valence-corrected chi connectivity index (χ1v) is 9.43. The third kappa shape index (κ3) is 3.98. The van der Waals surface area contributed by atoms with E-state index < -0.39 is 29.7 Å². The van der Waals surface area contributed by atoms with Crippen molar-refractivity contribution in [3.8, 4) is 11.4 Å². The van der Waals surface area contributed by atoms with E-state index in [1.807, 2.05) is 0 Å². The van der Waals surface area contributed by atoms with Gasteiger partial charge in [0.1, 0.15) is 12.6 Å². The Hall–Kier alpha value is -3.40. The molecule has 11 heteroatoms. The number of hydrogen-bond donors (Lipinski definition) is 0. The number of halogens is 4. The Morgan fingerprint density at radius 3 is 2.32 bits per heavy atom. The van der Waals surface area contributed by atoms with Gasteiger partial charge >= 0.3 is 12.2 Å². The van der Waals surface area contributed by atoms with Crippen molar-refractivity contribution in [1.82, 2.24) is 15.0 Å². The number of nitrogens with zero attached hydrogens (tertiary/aromatic N) is 4. The smallest absolute Gasteiger partial charge is 0.337 e. The fraction of sp³-hybridized carbons (Fsp3) is 0.200. The van der Waals surface area contributed by atoms with Crippen LogP contribution >= 0.6 is 11.6 Å². The number of carbonyl (C=O) groups excluding carboxylic acids is 2. The lowest BCUT2D eigenvalue weighted by atomic mass is 10.1. The molecule has 160 valence electrons. The van der Waals surface area contributed by atoms with Crippen molar-refractivity contribution >= 4 is 29.2 Å². The van der Waals surface area contributed by atoms with Gasteiger partial charge in [-0.2, -0.15) is 18.2 Å². The quantitative estimate of drug-likeness (QED) is 0.535. The summed E-state index contributed by atoms with van der Waals surface area (Å²) in [5.41, 5.74) is 0.0106. The molecule has 2 heterocycles. The number of urea groups is 1. The Bertz CT molecular complexity index is 1130. The summed E-state index contributed by atoms with van der Waals surface area (Å²) in [4.78, 5) is 31.8. The molecule has 1 saturated heterocycles. The van der Waals surface area contributed by atoms with Crippen LogP contribution in [0.4, 0.5) is 23.7 Å². The first-order valence-electron chi connectivity index (χ1n) is 9.05. The molecule has 0 saturated carbocycles. The SMILES string of the molecule is CC1C(=O)N(Cc2nc(-c3ccc(C(F)(F)F)cc3)no2)C(=O)N1c1ccc(Cl)cc1. The zero-order chi connectivity index (χ0) is 22.3. The summed E-state index contributed by atoms with van der Waals surface area (Å²) in [6.07, 6.45) is -4.45. The highest BCUT2D eigenvalue weighted by atomic mass is 35.5. The Kier molecular flexibility index (Phi) is 5.18. The van der Waals surface area contributed by atoms with E-state index >= 15 is 0 Å². The molecule has 1 atom stereocenters. The van der Waals surface area contributed by atoms with Gasteiger partial charge < -0.3 is 4.52 Å². The highest BCUT2D eigenvalue weighted by Gasteiger charge is 2.44. The predicted octanol–water partition coefficient (Wildman–Crippen LogP) is 4.77. The first-order chi connectivity index (χ1) is 14.6. The molecule has 0 spiro atoms. The Morgan fingerprint density at radius 2 is 1.71 bits per heavy atom. The van der Waals surface area contributed by atoms with E-state index in [0.717, 1.165) is 17.0 Å². The number of benzene rings is 2. The lowest BCUT2D eigenvalue weighted by molar-refractivity contribution is -0.137.